The van der Waals surface area contributed by atoms with Gasteiger partial charge in [-0.1, -0.05) is 30.7 Å². The maximum Gasteiger partial charge on any atom is 0.0945 e. The molecular weight excluding hydrogens is 284 g/mol. The Morgan fingerprint density at radius 3 is 2.74 bits per heavy atom. The summed E-state index contributed by atoms with van der Waals surface area (Å²) in [4.78, 5) is 6.80. The summed E-state index contributed by atoms with van der Waals surface area (Å²) < 4.78 is 2.06. The second-order valence-electron chi connectivity index (χ2n) is 6.68. The third-order valence-corrected chi connectivity index (χ3v) is 4.97. The maximum atomic E-state index is 4.17. The van der Waals surface area contributed by atoms with Crippen molar-refractivity contribution in [3.63, 3.8) is 0 Å². The molecule has 1 N–H and O–H groups in total. The zero-order valence-electron chi connectivity index (χ0n) is 14.3. The van der Waals surface area contributed by atoms with Crippen molar-refractivity contribution in [2.45, 2.75) is 51.9 Å². The van der Waals surface area contributed by atoms with Gasteiger partial charge in [0.15, 0.2) is 0 Å². The van der Waals surface area contributed by atoms with Gasteiger partial charge in [-0.05, 0) is 37.4 Å². The Kier molecular flexibility index (Phi) is 5.47. The molecule has 1 unspecified atom stereocenters. The molecule has 1 fully saturated rings. The number of likely N-dealkylation sites (tertiary alicyclic amines) is 1. The lowest BCUT2D eigenvalue weighted by Gasteiger charge is -2.33. The smallest absolute Gasteiger partial charge is 0.0945 e. The van der Waals surface area contributed by atoms with E-state index in [2.05, 4.69) is 51.0 Å². The fourth-order valence-corrected chi connectivity index (χ4v) is 3.38. The standard InChI is InChI=1S/C19H28N4/c1-16-7-5-6-10-23(16)14-18-9-4-3-8-17(18)11-20-12-19-13-21-15-22(19)2/h3-4,8-9,13,15-16,20H,5-7,10-12,14H2,1-2H3. The van der Waals surface area contributed by atoms with Crippen molar-refractivity contribution in [2.75, 3.05) is 6.54 Å². The van der Waals surface area contributed by atoms with Gasteiger partial charge in [-0.15, -0.1) is 0 Å². The molecule has 4 heteroatoms. The quantitative estimate of drug-likeness (QED) is 0.890. The van der Waals surface area contributed by atoms with Crippen LogP contribution in [0.4, 0.5) is 0 Å². The summed E-state index contributed by atoms with van der Waals surface area (Å²) in [5, 5.41) is 3.55. The molecule has 1 aromatic heterocycles. The molecule has 0 spiro atoms. The lowest BCUT2D eigenvalue weighted by Crippen LogP contribution is -2.37. The van der Waals surface area contributed by atoms with Crippen LogP contribution in [0.25, 0.3) is 0 Å². The van der Waals surface area contributed by atoms with Gasteiger partial charge in [0.05, 0.1) is 12.0 Å². The summed E-state index contributed by atoms with van der Waals surface area (Å²) in [6, 6.07) is 9.54. The van der Waals surface area contributed by atoms with Crippen LogP contribution in [0, 0.1) is 0 Å². The van der Waals surface area contributed by atoms with Crippen molar-refractivity contribution in [1.29, 1.82) is 0 Å². The summed E-state index contributed by atoms with van der Waals surface area (Å²) in [5.74, 6) is 0. The summed E-state index contributed by atoms with van der Waals surface area (Å²) in [5.41, 5.74) is 4.08. The first-order valence-corrected chi connectivity index (χ1v) is 8.71. The van der Waals surface area contributed by atoms with Gasteiger partial charge in [0.25, 0.3) is 0 Å². The minimum atomic E-state index is 0.708. The van der Waals surface area contributed by atoms with Crippen LogP contribution in [-0.2, 0) is 26.7 Å². The van der Waals surface area contributed by atoms with Gasteiger partial charge in [0, 0.05) is 38.9 Å². The first kappa shape index (κ1) is 16.2. The largest absolute Gasteiger partial charge is 0.337 e. The Hall–Kier alpha value is -1.65. The van der Waals surface area contributed by atoms with Gasteiger partial charge >= 0.3 is 0 Å². The van der Waals surface area contributed by atoms with Gasteiger partial charge in [-0.25, -0.2) is 4.98 Å². The lowest BCUT2D eigenvalue weighted by atomic mass is 10.0. The number of hydrogen-bond acceptors (Lipinski definition) is 3. The molecule has 1 aliphatic heterocycles. The van der Waals surface area contributed by atoms with E-state index in [1.807, 2.05) is 19.6 Å². The summed E-state index contributed by atoms with van der Waals surface area (Å²) >= 11 is 0. The van der Waals surface area contributed by atoms with E-state index >= 15 is 0 Å². The fourth-order valence-electron chi connectivity index (χ4n) is 3.38. The third-order valence-electron chi connectivity index (χ3n) is 4.97. The third kappa shape index (κ3) is 4.21. The molecule has 124 valence electrons. The molecule has 3 rings (SSSR count). The van der Waals surface area contributed by atoms with Crippen LogP contribution in [0.5, 0.6) is 0 Å². The molecule has 2 heterocycles. The second kappa shape index (κ2) is 7.75. The lowest BCUT2D eigenvalue weighted by molar-refractivity contribution is 0.152. The molecule has 1 atom stereocenters. The predicted molar refractivity (Wildman–Crippen MR) is 93.9 cm³/mol. The molecule has 0 bridgehead atoms. The van der Waals surface area contributed by atoms with Crippen LogP contribution in [0.1, 0.15) is 43.0 Å². The highest BCUT2D eigenvalue weighted by Gasteiger charge is 2.18. The number of nitrogens with one attached hydrogen (secondary N) is 1. The number of hydrogen-bond donors (Lipinski definition) is 1. The summed E-state index contributed by atoms with van der Waals surface area (Å²) in [7, 11) is 2.04. The number of piperidine rings is 1. The molecule has 1 saturated heterocycles. The number of aryl methyl sites for hydroxylation is 1. The van der Waals surface area contributed by atoms with E-state index < -0.39 is 0 Å². The molecule has 2 aromatic rings. The van der Waals surface area contributed by atoms with Gasteiger partial charge in [-0.3, -0.25) is 4.90 Å². The van der Waals surface area contributed by atoms with Gasteiger partial charge < -0.3 is 9.88 Å². The number of rotatable bonds is 6. The Bertz CT molecular complexity index is 619. The van der Waals surface area contributed by atoms with Crippen LogP contribution in [-0.4, -0.2) is 27.0 Å². The van der Waals surface area contributed by atoms with Crippen LogP contribution >= 0.6 is 0 Å². The average Bonchev–Trinajstić information content (AvgIpc) is 2.96. The van der Waals surface area contributed by atoms with Crippen molar-refractivity contribution >= 4 is 0 Å². The average molecular weight is 312 g/mol. The summed E-state index contributed by atoms with van der Waals surface area (Å²) in [6.07, 6.45) is 7.83. The summed E-state index contributed by atoms with van der Waals surface area (Å²) in [6.45, 7) is 6.43. The van der Waals surface area contributed by atoms with E-state index in [4.69, 9.17) is 0 Å². The zero-order valence-corrected chi connectivity index (χ0v) is 14.3. The number of aromatic nitrogens is 2. The molecule has 1 aliphatic rings. The molecule has 1 aromatic carbocycles. The second-order valence-corrected chi connectivity index (χ2v) is 6.68. The topological polar surface area (TPSA) is 33.1 Å². The number of nitrogens with zero attached hydrogens (tertiary/aromatic N) is 3. The Balaban J connectivity index is 1.60. The SMILES string of the molecule is CC1CCCCN1Cc1ccccc1CNCc1cncn1C. The molecule has 0 saturated carbocycles. The molecule has 0 aliphatic carbocycles. The molecule has 23 heavy (non-hydrogen) atoms. The zero-order chi connectivity index (χ0) is 16.1. The fraction of sp³-hybridized carbons (Fsp3) is 0.526. The maximum absolute atomic E-state index is 4.17. The van der Waals surface area contributed by atoms with E-state index in [-0.39, 0.29) is 0 Å². The molecular formula is C19H28N4. The van der Waals surface area contributed by atoms with Crippen molar-refractivity contribution < 1.29 is 0 Å². The van der Waals surface area contributed by atoms with Crippen LogP contribution in [0.2, 0.25) is 0 Å². The van der Waals surface area contributed by atoms with Gasteiger partial charge in [0.2, 0.25) is 0 Å². The van der Waals surface area contributed by atoms with Crippen molar-refractivity contribution in [3.05, 3.63) is 53.6 Å². The molecule has 0 amide bonds. The number of benzene rings is 1. The van der Waals surface area contributed by atoms with Crippen molar-refractivity contribution in [2.24, 2.45) is 7.05 Å². The first-order valence-electron chi connectivity index (χ1n) is 8.71. The predicted octanol–water partition coefficient (Wildman–Crippen LogP) is 3.08. The van der Waals surface area contributed by atoms with Crippen molar-refractivity contribution in [3.8, 4) is 0 Å². The van der Waals surface area contributed by atoms with Gasteiger partial charge in [0.1, 0.15) is 0 Å². The minimum Gasteiger partial charge on any atom is -0.337 e. The molecule has 4 nitrogen and oxygen atoms in total. The van der Waals surface area contributed by atoms with E-state index in [0.717, 1.165) is 19.6 Å². The first-order chi connectivity index (χ1) is 11.2. The Labute approximate surface area is 139 Å². The van der Waals surface area contributed by atoms with Crippen LogP contribution in [0.15, 0.2) is 36.8 Å². The Morgan fingerprint density at radius 2 is 2.00 bits per heavy atom. The normalized spacial score (nSPS) is 19.1. The van der Waals surface area contributed by atoms with E-state index in [1.54, 1.807) is 0 Å². The minimum absolute atomic E-state index is 0.708. The van der Waals surface area contributed by atoms with E-state index in [1.165, 1.54) is 42.6 Å². The number of imidazole rings is 1. The van der Waals surface area contributed by atoms with Crippen LogP contribution in [0.3, 0.4) is 0 Å². The van der Waals surface area contributed by atoms with Crippen molar-refractivity contribution in [1.82, 2.24) is 19.8 Å². The highest BCUT2D eigenvalue weighted by molar-refractivity contribution is 5.27. The Morgan fingerprint density at radius 1 is 1.17 bits per heavy atom. The van der Waals surface area contributed by atoms with E-state index in [9.17, 15) is 0 Å². The monoisotopic (exact) mass is 312 g/mol. The molecule has 0 radical (unpaired) electrons. The highest BCUT2D eigenvalue weighted by atomic mass is 15.2. The highest BCUT2D eigenvalue weighted by Crippen LogP contribution is 2.20. The van der Waals surface area contributed by atoms with Gasteiger partial charge in [-0.2, -0.15) is 0 Å². The van der Waals surface area contributed by atoms with E-state index in [0.29, 0.717) is 6.04 Å². The van der Waals surface area contributed by atoms with Crippen LogP contribution < -0.4 is 5.32 Å².